The van der Waals surface area contributed by atoms with Crippen molar-refractivity contribution in [1.82, 2.24) is 5.32 Å². The van der Waals surface area contributed by atoms with Crippen LogP contribution in [0.25, 0.3) is 0 Å². The third-order valence-electron chi connectivity index (χ3n) is 4.94. The largest absolute Gasteiger partial charge is 0.490 e. The monoisotopic (exact) mass is 420 g/mol. The van der Waals surface area contributed by atoms with E-state index in [1.165, 1.54) is 4.88 Å². The van der Waals surface area contributed by atoms with Crippen LogP contribution in [0.5, 0.6) is 5.75 Å². The highest BCUT2D eigenvalue weighted by atomic mass is 32.1. The van der Waals surface area contributed by atoms with Crippen molar-refractivity contribution in [2.45, 2.75) is 32.2 Å². The van der Waals surface area contributed by atoms with Crippen molar-refractivity contribution in [3.63, 3.8) is 0 Å². The van der Waals surface area contributed by atoms with Crippen molar-refractivity contribution in [2.75, 3.05) is 6.61 Å². The lowest BCUT2D eigenvalue weighted by Gasteiger charge is -2.12. The smallest absolute Gasteiger partial charge is 0.255 e. The molecular weight excluding hydrogens is 396 g/mol. The third-order valence-corrected chi connectivity index (χ3v) is 6.14. The summed E-state index contributed by atoms with van der Waals surface area (Å²) in [5, 5.41) is 3.74. The van der Waals surface area contributed by atoms with E-state index in [-0.39, 0.29) is 5.91 Å². The minimum Gasteiger partial charge on any atom is -0.490 e. The van der Waals surface area contributed by atoms with E-state index in [0.717, 1.165) is 53.3 Å². The molecule has 0 radical (unpaired) electrons. The number of thiophene rings is 1. The Bertz CT molecular complexity index is 1050. The number of fused-ring (bicyclic) bond motifs is 1. The molecule has 4 rings (SSSR count). The number of amides is 1. The normalized spacial score (nSPS) is 13.2. The van der Waals surface area contributed by atoms with Gasteiger partial charge in [0.1, 0.15) is 23.1 Å². The maximum atomic E-state index is 13.0. The number of aryl methyl sites for hydroxylation is 1. The molecule has 30 heavy (non-hydrogen) atoms. The van der Waals surface area contributed by atoms with E-state index in [4.69, 9.17) is 14.1 Å². The van der Waals surface area contributed by atoms with E-state index >= 15 is 0 Å². The van der Waals surface area contributed by atoms with Crippen LogP contribution in [-0.4, -0.2) is 18.7 Å². The molecule has 0 fully saturated rings. The molecule has 1 aliphatic rings. The summed E-state index contributed by atoms with van der Waals surface area (Å²) >= 11 is 1.62. The number of hydrogen-bond acceptors (Lipinski definition) is 5. The molecule has 1 N–H and O–H groups in total. The molecule has 2 heterocycles. The SMILES string of the molecule is C=CCOc1cccc(C=Nc2sc3c(c2C(=O)NCc2ccco2)CCCC3)c1. The molecule has 2 aromatic heterocycles. The topological polar surface area (TPSA) is 63.8 Å². The molecule has 3 aromatic rings. The first-order valence-corrected chi connectivity index (χ1v) is 10.9. The van der Waals surface area contributed by atoms with Crippen LogP contribution in [0.3, 0.4) is 0 Å². The number of aliphatic imine (C=N–C) groups is 1. The van der Waals surface area contributed by atoms with Gasteiger partial charge in [0.25, 0.3) is 5.91 Å². The van der Waals surface area contributed by atoms with Crippen LogP contribution in [0.4, 0.5) is 5.00 Å². The Morgan fingerprint density at radius 3 is 3.00 bits per heavy atom. The maximum Gasteiger partial charge on any atom is 0.255 e. The van der Waals surface area contributed by atoms with E-state index in [1.807, 2.05) is 36.4 Å². The zero-order valence-corrected chi connectivity index (χ0v) is 17.5. The number of nitrogens with one attached hydrogen (secondary N) is 1. The molecule has 154 valence electrons. The Kier molecular flexibility index (Phi) is 6.44. The van der Waals surface area contributed by atoms with Gasteiger partial charge in [0.05, 0.1) is 18.4 Å². The molecule has 0 bridgehead atoms. The predicted molar refractivity (Wildman–Crippen MR) is 120 cm³/mol. The van der Waals surface area contributed by atoms with Crippen molar-refractivity contribution in [3.8, 4) is 5.75 Å². The Balaban J connectivity index is 1.58. The Morgan fingerprint density at radius 1 is 1.27 bits per heavy atom. The standard InChI is InChI=1S/C24H24N2O3S/c1-2-12-28-18-8-5-7-17(14-18)15-26-24-22(20-10-3-4-11-21(20)30-24)23(27)25-16-19-9-6-13-29-19/h2,5-9,13-15H,1,3-4,10-12,16H2,(H,25,27). The first-order chi connectivity index (χ1) is 14.7. The number of furan rings is 1. The van der Waals surface area contributed by atoms with E-state index in [2.05, 4.69) is 11.9 Å². The maximum absolute atomic E-state index is 13.0. The second kappa shape index (κ2) is 9.59. The minimum atomic E-state index is -0.0963. The number of benzene rings is 1. The van der Waals surface area contributed by atoms with Gasteiger partial charge >= 0.3 is 0 Å². The van der Waals surface area contributed by atoms with Crippen molar-refractivity contribution >= 4 is 28.5 Å². The van der Waals surface area contributed by atoms with Gasteiger partial charge in [-0.1, -0.05) is 24.8 Å². The highest BCUT2D eigenvalue weighted by Gasteiger charge is 2.25. The molecule has 0 unspecified atom stereocenters. The lowest BCUT2D eigenvalue weighted by atomic mass is 9.95. The van der Waals surface area contributed by atoms with E-state index in [0.29, 0.717) is 18.7 Å². The number of ether oxygens (including phenoxy) is 1. The average molecular weight is 421 g/mol. The summed E-state index contributed by atoms with van der Waals surface area (Å²) < 4.78 is 10.9. The van der Waals surface area contributed by atoms with Crippen LogP contribution in [0.2, 0.25) is 0 Å². The summed E-state index contributed by atoms with van der Waals surface area (Å²) in [7, 11) is 0. The van der Waals surface area contributed by atoms with Gasteiger partial charge in [-0.25, -0.2) is 4.99 Å². The number of nitrogens with zero attached hydrogens (tertiary/aromatic N) is 1. The molecule has 6 heteroatoms. The fourth-order valence-electron chi connectivity index (χ4n) is 3.52. The van der Waals surface area contributed by atoms with Gasteiger partial charge < -0.3 is 14.5 Å². The number of rotatable bonds is 8. The molecule has 0 saturated carbocycles. The second-order valence-electron chi connectivity index (χ2n) is 7.08. The summed E-state index contributed by atoms with van der Waals surface area (Å²) in [6.07, 6.45) is 9.32. The quantitative estimate of drug-likeness (QED) is 0.388. The molecule has 1 aromatic carbocycles. The molecule has 0 spiro atoms. The summed E-state index contributed by atoms with van der Waals surface area (Å²) in [5.74, 6) is 1.40. The number of hydrogen-bond donors (Lipinski definition) is 1. The molecule has 0 aliphatic heterocycles. The molecular formula is C24H24N2O3S. The number of carbonyl (C=O) groups is 1. The predicted octanol–water partition coefficient (Wildman–Crippen LogP) is 5.47. The van der Waals surface area contributed by atoms with E-state index in [1.54, 1.807) is 29.9 Å². The Hall–Kier alpha value is -3.12. The average Bonchev–Trinajstić information content (AvgIpc) is 3.42. The van der Waals surface area contributed by atoms with E-state index in [9.17, 15) is 4.79 Å². The highest BCUT2D eigenvalue weighted by molar-refractivity contribution is 7.16. The van der Waals surface area contributed by atoms with Gasteiger partial charge in [-0.2, -0.15) is 0 Å². The zero-order valence-electron chi connectivity index (χ0n) is 16.7. The lowest BCUT2D eigenvalue weighted by Crippen LogP contribution is -2.23. The Morgan fingerprint density at radius 2 is 2.17 bits per heavy atom. The van der Waals surface area contributed by atoms with Crippen LogP contribution >= 0.6 is 11.3 Å². The zero-order chi connectivity index (χ0) is 20.8. The summed E-state index contributed by atoms with van der Waals surface area (Å²) in [6, 6.07) is 11.4. The molecule has 0 atom stereocenters. The second-order valence-corrected chi connectivity index (χ2v) is 8.17. The number of carbonyl (C=O) groups excluding carboxylic acids is 1. The Labute approximate surface area is 180 Å². The van der Waals surface area contributed by atoms with Gasteiger partial charge in [0.2, 0.25) is 0 Å². The molecule has 1 amide bonds. The van der Waals surface area contributed by atoms with Gasteiger partial charge in [0.15, 0.2) is 0 Å². The molecule has 1 aliphatic carbocycles. The van der Waals surface area contributed by atoms with Crippen molar-refractivity contribution < 1.29 is 13.9 Å². The molecule has 0 saturated heterocycles. The van der Waals surface area contributed by atoms with Gasteiger partial charge in [0, 0.05) is 11.1 Å². The fraction of sp³-hybridized carbons (Fsp3) is 0.250. The molecule has 5 nitrogen and oxygen atoms in total. The van der Waals surface area contributed by atoms with Crippen LogP contribution in [-0.2, 0) is 19.4 Å². The van der Waals surface area contributed by atoms with E-state index < -0.39 is 0 Å². The van der Waals surface area contributed by atoms with Crippen molar-refractivity contribution in [1.29, 1.82) is 0 Å². The van der Waals surface area contributed by atoms with Crippen LogP contribution < -0.4 is 10.1 Å². The summed E-state index contributed by atoms with van der Waals surface area (Å²) in [5.41, 5.74) is 2.78. The highest BCUT2D eigenvalue weighted by Crippen LogP contribution is 2.39. The van der Waals surface area contributed by atoms with Gasteiger partial charge in [-0.3, -0.25) is 4.79 Å². The van der Waals surface area contributed by atoms with Gasteiger partial charge in [-0.05, 0) is 61.1 Å². The van der Waals surface area contributed by atoms with Gasteiger partial charge in [-0.15, -0.1) is 11.3 Å². The fourth-order valence-corrected chi connectivity index (χ4v) is 4.75. The minimum absolute atomic E-state index is 0.0963. The summed E-state index contributed by atoms with van der Waals surface area (Å²) in [6.45, 7) is 4.49. The van der Waals surface area contributed by atoms with Crippen LogP contribution in [0.1, 0.15) is 45.0 Å². The first kappa shape index (κ1) is 20.2. The van der Waals surface area contributed by atoms with Crippen LogP contribution in [0.15, 0.2) is 64.7 Å². The summed E-state index contributed by atoms with van der Waals surface area (Å²) in [4.78, 5) is 19.0. The lowest BCUT2D eigenvalue weighted by molar-refractivity contribution is 0.0948. The third kappa shape index (κ3) is 4.71. The van der Waals surface area contributed by atoms with Crippen molar-refractivity contribution in [2.24, 2.45) is 4.99 Å². The first-order valence-electron chi connectivity index (χ1n) is 10.1. The van der Waals surface area contributed by atoms with Crippen LogP contribution in [0, 0.1) is 0 Å². The van der Waals surface area contributed by atoms with Crippen molar-refractivity contribution in [3.05, 3.63) is 82.6 Å².